The van der Waals surface area contributed by atoms with E-state index in [4.69, 9.17) is 4.52 Å². The Bertz CT molecular complexity index is 805. The third-order valence-corrected chi connectivity index (χ3v) is 3.91. The van der Waals surface area contributed by atoms with Gasteiger partial charge in [0.05, 0.1) is 0 Å². The van der Waals surface area contributed by atoms with E-state index in [9.17, 15) is 10.2 Å². The van der Waals surface area contributed by atoms with Gasteiger partial charge in [-0.2, -0.15) is 0 Å². The second-order valence-corrected chi connectivity index (χ2v) is 5.23. The van der Waals surface area contributed by atoms with Crippen LogP contribution in [0.25, 0.3) is 22.6 Å². The Morgan fingerprint density at radius 1 is 0.905 bits per heavy atom. The first-order valence-corrected chi connectivity index (χ1v) is 6.82. The highest BCUT2D eigenvalue weighted by Crippen LogP contribution is 2.39. The summed E-state index contributed by atoms with van der Waals surface area (Å²) in [5.74, 6) is 1.26. The molecule has 1 aromatic heterocycles. The lowest BCUT2D eigenvalue weighted by Gasteiger charge is -2.15. The van der Waals surface area contributed by atoms with Crippen LogP contribution in [0.3, 0.4) is 0 Å². The zero-order valence-corrected chi connectivity index (χ0v) is 11.2. The van der Waals surface area contributed by atoms with Crippen molar-refractivity contribution in [3.8, 4) is 34.1 Å². The predicted molar refractivity (Wildman–Crippen MR) is 78.1 cm³/mol. The van der Waals surface area contributed by atoms with Gasteiger partial charge in [-0.25, -0.2) is 0 Å². The van der Waals surface area contributed by atoms with E-state index in [1.165, 1.54) is 0 Å². The monoisotopic (exact) mass is 279 g/mol. The van der Waals surface area contributed by atoms with Crippen molar-refractivity contribution in [3.63, 3.8) is 0 Å². The molecular formula is C17H13NO3. The SMILES string of the molecule is Oc1ccc(-c2onc3c2CCc2cc(O)ccc2-3)cc1. The molecule has 0 saturated heterocycles. The second-order valence-electron chi connectivity index (χ2n) is 5.23. The van der Waals surface area contributed by atoms with E-state index in [-0.39, 0.29) is 11.5 Å². The van der Waals surface area contributed by atoms with Crippen molar-refractivity contribution in [2.75, 3.05) is 0 Å². The van der Waals surface area contributed by atoms with Gasteiger partial charge in [0.1, 0.15) is 17.2 Å². The summed E-state index contributed by atoms with van der Waals surface area (Å²) in [6.07, 6.45) is 1.68. The van der Waals surface area contributed by atoms with Gasteiger partial charge in [-0.3, -0.25) is 0 Å². The average molecular weight is 279 g/mol. The van der Waals surface area contributed by atoms with Gasteiger partial charge in [-0.15, -0.1) is 0 Å². The van der Waals surface area contributed by atoms with Crippen molar-refractivity contribution < 1.29 is 14.7 Å². The summed E-state index contributed by atoms with van der Waals surface area (Å²) in [5.41, 5.74) is 4.94. The van der Waals surface area contributed by atoms with Gasteiger partial charge in [0.2, 0.25) is 0 Å². The van der Waals surface area contributed by atoms with Crippen LogP contribution >= 0.6 is 0 Å². The van der Waals surface area contributed by atoms with Crippen molar-refractivity contribution in [1.82, 2.24) is 5.16 Å². The van der Waals surface area contributed by atoms with Gasteiger partial charge >= 0.3 is 0 Å². The first-order valence-electron chi connectivity index (χ1n) is 6.82. The van der Waals surface area contributed by atoms with Crippen molar-refractivity contribution in [2.24, 2.45) is 0 Å². The second kappa shape index (κ2) is 4.38. The molecule has 2 aromatic carbocycles. The van der Waals surface area contributed by atoms with Gasteiger partial charge in [0, 0.05) is 16.7 Å². The number of aromatic nitrogens is 1. The van der Waals surface area contributed by atoms with E-state index in [2.05, 4.69) is 5.16 Å². The zero-order valence-electron chi connectivity index (χ0n) is 11.2. The first kappa shape index (κ1) is 12.0. The number of phenols is 2. The van der Waals surface area contributed by atoms with Crippen LogP contribution in [-0.4, -0.2) is 15.4 Å². The Labute approximate surface area is 121 Å². The summed E-state index contributed by atoms with van der Waals surface area (Å²) in [7, 11) is 0. The number of aromatic hydroxyl groups is 2. The Morgan fingerprint density at radius 3 is 2.48 bits per heavy atom. The lowest BCUT2D eigenvalue weighted by Crippen LogP contribution is -2.03. The molecule has 1 aliphatic carbocycles. The Balaban J connectivity index is 1.86. The number of rotatable bonds is 1. The number of aryl methyl sites for hydroxylation is 1. The quantitative estimate of drug-likeness (QED) is 0.715. The average Bonchev–Trinajstić information content (AvgIpc) is 2.92. The van der Waals surface area contributed by atoms with Crippen LogP contribution in [0.4, 0.5) is 0 Å². The first-order chi connectivity index (χ1) is 10.2. The topological polar surface area (TPSA) is 66.5 Å². The van der Waals surface area contributed by atoms with Crippen LogP contribution in [0.15, 0.2) is 47.0 Å². The van der Waals surface area contributed by atoms with E-state index in [1.54, 1.807) is 24.3 Å². The highest BCUT2D eigenvalue weighted by atomic mass is 16.5. The van der Waals surface area contributed by atoms with Crippen LogP contribution in [0, 0.1) is 0 Å². The Morgan fingerprint density at radius 2 is 1.67 bits per heavy atom. The fourth-order valence-electron chi connectivity index (χ4n) is 2.87. The minimum Gasteiger partial charge on any atom is -0.508 e. The van der Waals surface area contributed by atoms with E-state index in [1.807, 2.05) is 18.2 Å². The van der Waals surface area contributed by atoms with Crippen LogP contribution in [0.5, 0.6) is 11.5 Å². The maximum absolute atomic E-state index is 9.58. The van der Waals surface area contributed by atoms with Crippen LogP contribution in [0.2, 0.25) is 0 Å². The summed E-state index contributed by atoms with van der Waals surface area (Å²) in [6, 6.07) is 12.3. The molecule has 4 nitrogen and oxygen atoms in total. The number of hydrogen-bond donors (Lipinski definition) is 2. The molecule has 1 aliphatic rings. The lowest BCUT2D eigenvalue weighted by atomic mass is 9.88. The van der Waals surface area contributed by atoms with E-state index >= 15 is 0 Å². The molecule has 1 heterocycles. The number of benzene rings is 2. The number of nitrogens with zero attached hydrogens (tertiary/aromatic N) is 1. The molecular weight excluding hydrogens is 266 g/mol. The highest BCUT2D eigenvalue weighted by molar-refractivity contribution is 5.77. The molecule has 21 heavy (non-hydrogen) atoms. The molecule has 0 amide bonds. The summed E-state index contributed by atoms with van der Waals surface area (Å²) < 4.78 is 5.54. The molecule has 0 spiro atoms. The van der Waals surface area contributed by atoms with Gasteiger partial charge in [0.25, 0.3) is 0 Å². The molecule has 104 valence electrons. The summed E-state index contributed by atoms with van der Waals surface area (Å²) in [5, 5.41) is 23.2. The largest absolute Gasteiger partial charge is 0.508 e. The molecule has 0 bridgehead atoms. The molecule has 0 saturated carbocycles. The van der Waals surface area contributed by atoms with Gasteiger partial charge in [0.15, 0.2) is 5.76 Å². The molecule has 3 aromatic rings. The Kier molecular flexibility index (Phi) is 2.51. The maximum Gasteiger partial charge on any atom is 0.170 e. The van der Waals surface area contributed by atoms with E-state index in [0.29, 0.717) is 0 Å². The molecule has 0 unspecified atom stereocenters. The third kappa shape index (κ3) is 1.88. The number of hydrogen-bond acceptors (Lipinski definition) is 4. The maximum atomic E-state index is 9.58. The zero-order chi connectivity index (χ0) is 14.4. The summed E-state index contributed by atoms with van der Waals surface area (Å²) in [6.45, 7) is 0. The molecule has 2 N–H and O–H groups in total. The van der Waals surface area contributed by atoms with Crippen molar-refractivity contribution in [2.45, 2.75) is 12.8 Å². The minimum absolute atomic E-state index is 0.230. The number of fused-ring (bicyclic) bond motifs is 3. The lowest BCUT2D eigenvalue weighted by molar-refractivity contribution is 0.434. The van der Waals surface area contributed by atoms with Gasteiger partial charge in [-0.1, -0.05) is 5.16 Å². The summed E-state index contributed by atoms with van der Waals surface area (Å²) >= 11 is 0. The van der Waals surface area contributed by atoms with Gasteiger partial charge < -0.3 is 14.7 Å². The molecule has 0 aliphatic heterocycles. The van der Waals surface area contributed by atoms with Crippen molar-refractivity contribution in [1.29, 1.82) is 0 Å². The normalized spacial score (nSPS) is 12.8. The van der Waals surface area contributed by atoms with Gasteiger partial charge in [-0.05, 0) is 60.9 Å². The van der Waals surface area contributed by atoms with E-state index in [0.717, 1.165) is 46.5 Å². The van der Waals surface area contributed by atoms with Crippen LogP contribution in [0.1, 0.15) is 11.1 Å². The fraction of sp³-hybridized carbons (Fsp3) is 0.118. The van der Waals surface area contributed by atoms with E-state index < -0.39 is 0 Å². The molecule has 0 fully saturated rings. The highest BCUT2D eigenvalue weighted by Gasteiger charge is 2.24. The number of phenolic OH excluding ortho intramolecular Hbond substituents is 2. The molecule has 4 heteroatoms. The molecule has 0 atom stereocenters. The predicted octanol–water partition coefficient (Wildman–Crippen LogP) is 3.52. The third-order valence-electron chi connectivity index (χ3n) is 3.91. The standard InChI is InChI=1S/C17H13NO3/c19-12-4-1-10(2-5-12)17-15-7-3-11-9-13(20)6-8-14(11)16(15)18-21-17/h1-2,4-6,8-9,19-20H,3,7H2. The summed E-state index contributed by atoms with van der Waals surface area (Å²) in [4.78, 5) is 0. The van der Waals surface area contributed by atoms with Crippen molar-refractivity contribution >= 4 is 0 Å². The van der Waals surface area contributed by atoms with Crippen LogP contribution in [-0.2, 0) is 12.8 Å². The minimum atomic E-state index is 0.230. The molecule has 4 rings (SSSR count). The van der Waals surface area contributed by atoms with Crippen LogP contribution < -0.4 is 0 Å². The smallest absolute Gasteiger partial charge is 0.170 e. The van der Waals surface area contributed by atoms with Crippen molar-refractivity contribution in [3.05, 3.63) is 53.6 Å². The Hall–Kier alpha value is -2.75. The molecule has 0 radical (unpaired) electrons. The fourth-order valence-corrected chi connectivity index (χ4v) is 2.87.